The molecule has 1 saturated heterocycles. The fourth-order valence-electron chi connectivity index (χ4n) is 2.00. The predicted octanol–water partition coefficient (Wildman–Crippen LogP) is 1.37. The van der Waals surface area contributed by atoms with E-state index >= 15 is 0 Å². The average molecular weight is 238 g/mol. The second kappa shape index (κ2) is 5.50. The summed E-state index contributed by atoms with van der Waals surface area (Å²) in [6.07, 6.45) is 6.19. The molecule has 1 aromatic heterocycles. The Morgan fingerprint density at radius 1 is 1.50 bits per heavy atom. The third-order valence-electron chi connectivity index (χ3n) is 3.07. The average Bonchev–Trinajstić information content (AvgIpc) is 2.39. The maximum absolute atomic E-state index is 5.69. The van der Waals surface area contributed by atoms with Crippen molar-refractivity contribution < 1.29 is 0 Å². The van der Waals surface area contributed by atoms with Gasteiger partial charge >= 0.3 is 0 Å². The van der Waals surface area contributed by atoms with Crippen LogP contribution in [0.3, 0.4) is 0 Å². The van der Waals surface area contributed by atoms with E-state index in [0.717, 1.165) is 30.6 Å². The molecule has 1 aromatic rings. The van der Waals surface area contributed by atoms with Crippen LogP contribution < -0.4 is 10.6 Å². The molecule has 0 atom stereocenters. The first-order valence-electron chi connectivity index (χ1n) is 5.65. The second-order valence-electron chi connectivity index (χ2n) is 4.07. The van der Waals surface area contributed by atoms with Gasteiger partial charge in [0.05, 0.1) is 0 Å². The molecule has 2 rings (SSSR count). The SMILES string of the molecule is CSc1nccc(N2CCC(CN)CC2)n1. The molecule has 0 bridgehead atoms. The minimum absolute atomic E-state index is 0.693. The molecule has 1 aliphatic heterocycles. The van der Waals surface area contributed by atoms with E-state index in [2.05, 4.69) is 14.9 Å². The van der Waals surface area contributed by atoms with Crippen LogP contribution in [0.1, 0.15) is 12.8 Å². The number of piperidine rings is 1. The van der Waals surface area contributed by atoms with Crippen LogP contribution in [-0.2, 0) is 0 Å². The van der Waals surface area contributed by atoms with Gasteiger partial charge < -0.3 is 10.6 Å². The fourth-order valence-corrected chi connectivity index (χ4v) is 2.36. The summed E-state index contributed by atoms with van der Waals surface area (Å²) in [5.41, 5.74) is 5.69. The molecule has 16 heavy (non-hydrogen) atoms. The van der Waals surface area contributed by atoms with Gasteiger partial charge in [-0.25, -0.2) is 9.97 Å². The number of rotatable bonds is 3. The van der Waals surface area contributed by atoms with Crippen LogP contribution in [0.2, 0.25) is 0 Å². The fraction of sp³-hybridized carbons (Fsp3) is 0.636. The number of hydrogen-bond donors (Lipinski definition) is 1. The summed E-state index contributed by atoms with van der Waals surface area (Å²) >= 11 is 1.58. The van der Waals surface area contributed by atoms with E-state index in [4.69, 9.17) is 5.73 Å². The lowest BCUT2D eigenvalue weighted by Crippen LogP contribution is -2.36. The highest BCUT2D eigenvalue weighted by molar-refractivity contribution is 7.98. The Hall–Kier alpha value is -0.810. The Kier molecular flexibility index (Phi) is 4.01. The number of nitrogens with zero attached hydrogens (tertiary/aromatic N) is 3. The third-order valence-corrected chi connectivity index (χ3v) is 3.64. The minimum Gasteiger partial charge on any atom is -0.356 e. The first kappa shape index (κ1) is 11.7. The van der Waals surface area contributed by atoms with Crippen molar-refractivity contribution in [1.82, 2.24) is 9.97 Å². The zero-order valence-corrected chi connectivity index (χ0v) is 10.4. The van der Waals surface area contributed by atoms with Gasteiger partial charge in [-0.05, 0) is 37.6 Å². The molecule has 2 heterocycles. The van der Waals surface area contributed by atoms with E-state index in [0.29, 0.717) is 5.92 Å². The lowest BCUT2D eigenvalue weighted by molar-refractivity contribution is 0.412. The number of nitrogens with two attached hydrogens (primary N) is 1. The molecule has 0 amide bonds. The maximum atomic E-state index is 5.69. The highest BCUT2D eigenvalue weighted by Crippen LogP contribution is 2.22. The summed E-state index contributed by atoms with van der Waals surface area (Å²) in [6, 6.07) is 1.99. The molecule has 5 heteroatoms. The van der Waals surface area contributed by atoms with Gasteiger partial charge in [0, 0.05) is 19.3 Å². The largest absolute Gasteiger partial charge is 0.356 e. The first-order chi connectivity index (χ1) is 7.83. The molecule has 1 fully saturated rings. The number of thioether (sulfide) groups is 1. The molecule has 0 saturated carbocycles. The molecular formula is C11H18N4S. The lowest BCUT2D eigenvalue weighted by atomic mass is 9.97. The summed E-state index contributed by atoms with van der Waals surface area (Å²) in [5, 5.41) is 0.846. The Balaban J connectivity index is 2.02. The van der Waals surface area contributed by atoms with Gasteiger partial charge in [0.1, 0.15) is 5.82 Å². The normalized spacial score (nSPS) is 17.8. The highest BCUT2D eigenvalue weighted by Gasteiger charge is 2.19. The Bertz CT molecular complexity index is 337. The summed E-state index contributed by atoms with van der Waals surface area (Å²) < 4.78 is 0. The van der Waals surface area contributed by atoms with Crippen molar-refractivity contribution in [2.75, 3.05) is 30.8 Å². The van der Waals surface area contributed by atoms with E-state index in [1.807, 2.05) is 18.5 Å². The second-order valence-corrected chi connectivity index (χ2v) is 4.84. The van der Waals surface area contributed by atoms with Crippen LogP contribution in [0.4, 0.5) is 5.82 Å². The van der Waals surface area contributed by atoms with Gasteiger partial charge in [0.15, 0.2) is 5.16 Å². The van der Waals surface area contributed by atoms with Gasteiger partial charge in [-0.1, -0.05) is 11.8 Å². The molecule has 0 aliphatic carbocycles. The Labute approximate surface area is 101 Å². The van der Waals surface area contributed by atoms with Crippen LogP contribution in [0.5, 0.6) is 0 Å². The summed E-state index contributed by atoms with van der Waals surface area (Å²) in [4.78, 5) is 11.0. The molecular weight excluding hydrogens is 220 g/mol. The van der Waals surface area contributed by atoms with Crippen molar-refractivity contribution in [2.24, 2.45) is 11.7 Å². The van der Waals surface area contributed by atoms with E-state index in [1.54, 1.807) is 11.8 Å². The van der Waals surface area contributed by atoms with Gasteiger partial charge in [-0.3, -0.25) is 0 Å². The van der Waals surface area contributed by atoms with Crippen molar-refractivity contribution in [3.05, 3.63) is 12.3 Å². The number of aromatic nitrogens is 2. The van der Waals surface area contributed by atoms with Crippen molar-refractivity contribution >= 4 is 17.6 Å². The van der Waals surface area contributed by atoms with E-state index in [-0.39, 0.29) is 0 Å². The third kappa shape index (κ3) is 2.65. The van der Waals surface area contributed by atoms with Crippen LogP contribution in [-0.4, -0.2) is 35.9 Å². The predicted molar refractivity (Wildman–Crippen MR) is 67.8 cm³/mol. The minimum atomic E-state index is 0.693. The molecule has 0 unspecified atom stereocenters. The highest BCUT2D eigenvalue weighted by atomic mass is 32.2. The molecule has 4 nitrogen and oxygen atoms in total. The van der Waals surface area contributed by atoms with Crippen LogP contribution in [0.25, 0.3) is 0 Å². The summed E-state index contributed by atoms with van der Waals surface area (Å²) in [6.45, 7) is 2.94. The zero-order valence-electron chi connectivity index (χ0n) is 9.59. The maximum Gasteiger partial charge on any atom is 0.189 e. The van der Waals surface area contributed by atoms with E-state index in [1.165, 1.54) is 12.8 Å². The van der Waals surface area contributed by atoms with Crippen molar-refractivity contribution in [1.29, 1.82) is 0 Å². The van der Waals surface area contributed by atoms with Crippen molar-refractivity contribution in [3.8, 4) is 0 Å². The smallest absolute Gasteiger partial charge is 0.189 e. The van der Waals surface area contributed by atoms with Gasteiger partial charge in [-0.15, -0.1) is 0 Å². The zero-order chi connectivity index (χ0) is 11.4. The molecule has 0 spiro atoms. The summed E-state index contributed by atoms with van der Waals surface area (Å²) in [5.74, 6) is 1.74. The first-order valence-corrected chi connectivity index (χ1v) is 6.88. The lowest BCUT2D eigenvalue weighted by Gasteiger charge is -2.32. The van der Waals surface area contributed by atoms with Crippen LogP contribution in [0.15, 0.2) is 17.4 Å². The number of hydrogen-bond acceptors (Lipinski definition) is 5. The van der Waals surface area contributed by atoms with E-state index in [9.17, 15) is 0 Å². The Morgan fingerprint density at radius 3 is 2.88 bits per heavy atom. The van der Waals surface area contributed by atoms with Crippen LogP contribution in [0, 0.1) is 5.92 Å². The van der Waals surface area contributed by atoms with Gasteiger partial charge in [-0.2, -0.15) is 0 Å². The topological polar surface area (TPSA) is 55.0 Å². The molecule has 0 aromatic carbocycles. The molecule has 88 valence electrons. The quantitative estimate of drug-likeness (QED) is 0.637. The Morgan fingerprint density at radius 2 is 2.25 bits per heavy atom. The number of anilines is 1. The van der Waals surface area contributed by atoms with Crippen LogP contribution >= 0.6 is 11.8 Å². The van der Waals surface area contributed by atoms with Gasteiger partial charge in [0.25, 0.3) is 0 Å². The monoisotopic (exact) mass is 238 g/mol. The van der Waals surface area contributed by atoms with E-state index < -0.39 is 0 Å². The van der Waals surface area contributed by atoms with Crippen molar-refractivity contribution in [3.63, 3.8) is 0 Å². The van der Waals surface area contributed by atoms with Gasteiger partial charge in [0.2, 0.25) is 0 Å². The molecule has 1 aliphatic rings. The summed E-state index contributed by atoms with van der Waals surface area (Å²) in [7, 11) is 0. The molecule has 2 N–H and O–H groups in total. The van der Waals surface area contributed by atoms with Crippen molar-refractivity contribution in [2.45, 2.75) is 18.0 Å². The standard InChI is InChI=1S/C11H18N4S/c1-16-11-13-5-2-10(14-11)15-6-3-9(8-12)4-7-15/h2,5,9H,3-4,6-8,12H2,1H3. The molecule has 0 radical (unpaired) electrons.